The fraction of sp³-hybridized carbons (Fsp3) is 0.643. The first kappa shape index (κ1) is 13.3. The maximum Gasteiger partial charge on any atom is 0.107 e. The molecule has 2 rings (SSSR count). The highest BCUT2D eigenvalue weighted by atomic mass is 19.1. The van der Waals surface area contributed by atoms with E-state index in [1.165, 1.54) is 0 Å². The number of aromatic nitrogens is 1. The highest BCUT2D eigenvalue weighted by Crippen LogP contribution is 2.20. The smallest absolute Gasteiger partial charge is 0.107 e. The molecule has 0 amide bonds. The minimum atomic E-state index is -0.287. The predicted molar refractivity (Wildman–Crippen MR) is 72.9 cm³/mol. The first-order valence-electron chi connectivity index (χ1n) is 6.59. The molecule has 0 aromatic carbocycles. The van der Waals surface area contributed by atoms with Gasteiger partial charge in [0, 0.05) is 25.3 Å². The molecule has 100 valence electrons. The molecule has 18 heavy (non-hydrogen) atoms. The van der Waals surface area contributed by atoms with Crippen LogP contribution in [0.4, 0.5) is 10.1 Å². The van der Waals surface area contributed by atoms with E-state index in [0.717, 1.165) is 31.0 Å². The maximum absolute atomic E-state index is 12.9. The molecule has 0 spiro atoms. The van der Waals surface area contributed by atoms with E-state index in [4.69, 9.17) is 0 Å². The second kappa shape index (κ2) is 5.65. The van der Waals surface area contributed by atoms with Crippen molar-refractivity contribution in [3.63, 3.8) is 0 Å². The van der Waals surface area contributed by atoms with Crippen LogP contribution in [0.2, 0.25) is 0 Å². The molecule has 0 aliphatic carbocycles. The van der Waals surface area contributed by atoms with Crippen LogP contribution in [0.5, 0.6) is 0 Å². The second-order valence-corrected chi connectivity index (χ2v) is 5.33. The van der Waals surface area contributed by atoms with Crippen LogP contribution >= 0.6 is 0 Å². The summed E-state index contributed by atoms with van der Waals surface area (Å²) in [5, 5.41) is 0. The topological polar surface area (TPSA) is 19.4 Å². The van der Waals surface area contributed by atoms with Gasteiger partial charge in [-0.2, -0.15) is 0 Å². The van der Waals surface area contributed by atoms with Crippen molar-refractivity contribution in [2.75, 3.05) is 38.3 Å². The average molecular weight is 251 g/mol. The Bertz CT molecular complexity index is 377. The predicted octanol–water partition coefficient (Wildman–Crippen LogP) is 2.29. The van der Waals surface area contributed by atoms with Gasteiger partial charge in [0.15, 0.2) is 0 Å². The van der Waals surface area contributed by atoms with E-state index in [1.54, 1.807) is 0 Å². The molecule has 0 radical (unpaired) electrons. The van der Waals surface area contributed by atoms with Crippen LogP contribution < -0.4 is 4.90 Å². The van der Waals surface area contributed by atoms with Gasteiger partial charge in [-0.1, -0.05) is 13.8 Å². The van der Waals surface area contributed by atoms with Gasteiger partial charge in [-0.25, -0.2) is 4.39 Å². The number of piperazine rings is 1. The largest absolute Gasteiger partial charge is 0.367 e. The first-order chi connectivity index (χ1) is 8.61. The third kappa shape index (κ3) is 2.80. The van der Waals surface area contributed by atoms with Crippen molar-refractivity contribution >= 4 is 5.69 Å². The molecule has 1 atom stereocenters. The van der Waals surface area contributed by atoms with Gasteiger partial charge in [0.05, 0.1) is 17.9 Å². The molecule has 0 saturated carbocycles. The molecule has 1 unspecified atom stereocenters. The zero-order valence-electron chi connectivity index (χ0n) is 11.4. The minimum Gasteiger partial charge on any atom is -0.367 e. The Labute approximate surface area is 109 Å². The molecule has 1 aromatic heterocycles. The van der Waals surface area contributed by atoms with E-state index in [1.807, 2.05) is 13.2 Å². The number of hydrogen-bond donors (Lipinski definition) is 0. The van der Waals surface area contributed by atoms with Crippen LogP contribution in [0.1, 0.15) is 25.5 Å². The Hall–Kier alpha value is -1.16. The van der Waals surface area contributed by atoms with Gasteiger partial charge in [0.2, 0.25) is 0 Å². The molecular formula is C14H22FN3. The van der Waals surface area contributed by atoms with E-state index in [-0.39, 0.29) is 12.7 Å². The lowest BCUT2D eigenvalue weighted by molar-refractivity contribution is 0.183. The lowest BCUT2D eigenvalue weighted by Crippen LogP contribution is -2.52. The van der Waals surface area contributed by atoms with Gasteiger partial charge >= 0.3 is 0 Å². The van der Waals surface area contributed by atoms with Crippen LogP contribution in [-0.4, -0.2) is 49.3 Å². The summed E-state index contributed by atoms with van der Waals surface area (Å²) in [4.78, 5) is 8.79. The van der Waals surface area contributed by atoms with Crippen LogP contribution in [0.25, 0.3) is 0 Å². The highest BCUT2D eigenvalue weighted by molar-refractivity contribution is 5.45. The first-order valence-corrected chi connectivity index (χ1v) is 6.59. The molecule has 2 heterocycles. The average Bonchev–Trinajstić information content (AvgIpc) is 2.39. The fourth-order valence-electron chi connectivity index (χ4n) is 2.27. The van der Waals surface area contributed by atoms with Crippen molar-refractivity contribution < 1.29 is 4.39 Å². The van der Waals surface area contributed by atoms with Crippen LogP contribution in [-0.2, 0) is 0 Å². The lowest BCUT2D eigenvalue weighted by Gasteiger charge is -2.39. The second-order valence-electron chi connectivity index (χ2n) is 5.33. The van der Waals surface area contributed by atoms with E-state index in [2.05, 4.69) is 40.8 Å². The lowest BCUT2D eigenvalue weighted by atomic mass is 10.1. The quantitative estimate of drug-likeness (QED) is 0.821. The highest BCUT2D eigenvalue weighted by Gasteiger charge is 2.24. The number of anilines is 1. The monoisotopic (exact) mass is 251 g/mol. The Morgan fingerprint density at radius 2 is 2.17 bits per heavy atom. The number of halogens is 1. The molecule has 3 nitrogen and oxygen atoms in total. The number of hydrogen-bond acceptors (Lipinski definition) is 3. The molecule has 1 aliphatic heterocycles. The summed E-state index contributed by atoms with van der Waals surface area (Å²) in [5.74, 6) is 0.449. The number of alkyl halides is 1. The van der Waals surface area contributed by atoms with Crippen LogP contribution in [0, 0.1) is 0 Å². The van der Waals surface area contributed by atoms with Gasteiger partial charge in [0.1, 0.15) is 6.67 Å². The van der Waals surface area contributed by atoms with Crippen LogP contribution in [0.3, 0.4) is 0 Å². The number of pyridine rings is 1. The summed E-state index contributed by atoms with van der Waals surface area (Å²) in [5.41, 5.74) is 2.21. The Morgan fingerprint density at radius 3 is 2.72 bits per heavy atom. The van der Waals surface area contributed by atoms with E-state index >= 15 is 0 Å². The fourth-order valence-corrected chi connectivity index (χ4v) is 2.27. The van der Waals surface area contributed by atoms with Crippen molar-refractivity contribution in [3.8, 4) is 0 Å². The van der Waals surface area contributed by atoms with Gasteiger partial charge < -0.3 is 4.90 Å². The molecule has 4 heteroatoms. The zero-order chi connectivity index (χ0) is 13.1. The molecule has 1 aliphatic rings. The van der Waals surface area contributed by atoms with Crippen molar-refractivity contribution in [1.82, 2.24) is 9.88 Å². The van der Waals surface area contributed by atoms with Crippen molar-refractivity contribution in [3.05, 3.63) is 24.0 Å². The van der Waals surface area contributed by atoms with Crippen molar-refractivity contribution in [1.29, 1.82) is 0 Å². The molecule has 1 aromatic rings. The van der Waals surface area contributed by atoms with Crippen molar-refractivity contribution in [2.45, 2.75) is 25.8 Å². The zero-order valence-corrected chi connectivity index (χ0v) is 11.4. The summed E-state index contributed by atoms with van der Waals surface area (Å²) in [7, 11) is 1.99. The van der Waals surface area contributed by atoms with Gasteiger partial charge in [-0.05, 0) is 25.1 Å². The summed E-state index contributed by atoms with van der Waals surface area (Å²) in [6.45, 7) is 6.57. The third-order valence-electron chi connectivity index (χ3n) is 3.68. The van der Waals surface area contributed by atoms with Crippen molar-refractivity contribution in [2.24, 2.45) is 0 Å². The van der Waals surface area contributed by atoms with Gasteiger partial charge in [0.25, 0.3) is 0 Å². The van der Waals surface area contributed by atoms with E-state index in [0.29, 0.717) is 5.92 Å². The molecule has 1 saturated heterocycles. The van der Waals surface area contributed by atoms with Gasteiger partial charge in [-0.15, -0.1) is 0 Å². The normalized spacial score (nSPS) is 21.6. The number of rotatable bonds is 3. The minimum absolute atomic E-state index is 0.00326. The van der Waals surface area contributed by atoms with E-state index in [9.17, 15) is 4.39 Å². The molecule has 1 fully saturated rings. The molecule has 0 bridgehead atoms. The molecule has 0 N–H and O–H groups in total. The Kier molecular flexibility index (Phi) is 4.17. The maximum atomic E-state index is 12.9. The number of nitrogens with zero attached hydrogens (tertiary/aromatic N) is 3. The summed E-state index contributed by atoms with van der Waals surface area (Å²) in [6.07, 6.45) is 1.91. The van der Waals surface area contributed by atoms with Crippen LogP contribution in [0.15, 0.2) is 18.3 Å². The standard InChI is InChI=1S/C14H22FN3/c1-11(2)14-5-4-12(9-16-14)18-7-6-17(3)13(8-15)10-18/h4-5,9,11,13H,6-8,10H2,1-3H3. The Morgan fingerprint density at radius 1 is 1.39 bits per heavy atom. The summed E-state index contributed by atoms with van der Waals surface area (Å²) < 4.78 is 12.9. The third-order valence-corrected chi connectivity index (χ3v) is 3.68. The number of likely N-dealkylation sites (N-methyl/N-ethyl adjacent to an activating group) is 1. The summed E-state index contributed by atoms with van der Waals surface area (Å²) >= 11 is 0. The SMILES string of the molecule is CC(C)c1ccc(N2CCN(C)C(CF)C2)cn1. The summed E-state index contributed by atoms with van der Waals surface area (Å²) in [6, 6.07) is 4.18. The Balaban J connectivity index is 2.07. The van der Waals surface area contributed by atoms with E-state index < -0.39 is 0 Å². The van der Waals surface area contributed by atoms with Gasteiger partial charge in [-0.3, -0.25) is 9.88 Å². The molecular weight excluding hydrogens is 229 g/mol.